The molecule has 2 N–H and O–H groups in total. The van der Waals surface area contributed by atoms with E-state index in [0.29, 0.717) is 55.9 Å². The molecule has 0 bridgehead atoms. The summed E-state index contributed by atoms with van der Waals surface area (Å²) in [6.07, 6.45) is 3.48. The molecule has 3 aromatic rings. The van der Waals surface area contributed by atoms with Crippen molar-refractivity contribution >= 4 is 34.4 Å². The summed E-state index contributed by atoms with van der Waals surface area (Å²) in [7, 11) is 0. The summed E-state index contributed by atoms with van der Waals surface area (Å²) in [4.78, 5) is 45.8. The minimum absolute atomic E-state index is 0.00241. The topological polar surface area (TPSA) is 122 Å². The van der Waals surface area contributed by atoms with Crippen molar-refractivity contribution in [3.8, 4) is 0 Å². The van der Waals surface area contributed by atoms with Gasteiger partial charge in [-0.3, -0.25) is 14.3 Å². The normalized spacial score (nSPS) is 20.7. The number of H-pyrrole nitrogens is 1. The number of nitrogens with zero attached hydrogens (tertiary/aromatic N) is 4. The van der Waals surface area contributed by atoms with Gasteiger partial charge in [0.2, 0.25) is 0 Å². The number of amides is 2. The Hall–Kier alpha value is -3.86. The number of nitrogens with one attached hydrogen (secondary N) is 2. The van der Waals surface area contributed by atoms with Crippen LogP contribution in [0.5, 0.6) is 0 Å². The van der Waals surface area contributed by atoms with Crippen molar-refractivity contribution in [2.45, 2.75) is 91.0 Å². The number of aryl methyl sites for hydroxylation is 1. The lowest BCUT2D eigenvalue weighted by molar-refractivity contribution is -0.0249. The first-order valence-corrected chi connectivity index (χ1v) is 15.2. The van der Waals surface area contributed by atoms with Crippen LogP contribution in [0, 0.1) is 6.92 Å². The van der Waals surface area contributed by atoms with Crippen molar-refractivity contribution in [3.63, 3.8) is 0 Å². The first kappa shape index (κ1) is 30.6. The zero-order valence-electron chi connectivity index (χ0n) is 26.3. The molecule has 2 atom stereocenters. The van der Waals surface area contributed by atoms with Gasteiger partial charge in [0.05, 0.1) is 36.4 Å². The minimum atomic E-state index is -0.556. The smallest absolute Gasteiger partial charge is 0.410 e. The predicted octanol–water partition coefficient (Wildman–Crippen LogP) is 5.16. The number of benzene rings is 1. The Kier molecular flexibility index (Phi) is 8.30. The van der Waals surface area contributed by atoms with E-state index in [1.807, 2.05) is 75.4 Å². The van der Waals surface area contributed by atoms with Crippen molar-refractivity contribution < 1.29 is 19.1 Å². The quantitative estimate of drug-likeness (QED) is 0.420. The summed E-state index contributed by atoms with van der Waals surface area (Å²) < 4.78 is 13.2. The van der Waals surface area contributed by atoms with Crippen LogP contribution in [0.3, 0.4) is 0 Å². The van der Waals surface area contributed by atoms with Crippen molar-refractivity contribution in [3.05, 3.63) is 51.9 Å². The Balaban J connectivity index is 1.42. The molecule has 11 nitrogen and oxygen atoms in total. The number of likely N-dealkylation sites (tertiary alicyclic amines) is 1. The number of piperidine rings is 1. The molecule has 43 heavy (non-hydrogen) atoms. The molecule has 2 aliphatic heterocycles. The molecule has 1 aromatic carbocycles. The summed E-state index contributed by atoms with van der Waals surface area (Å²) >= 11 is 0. The Morgan fingerprint density at radius 3 is 2.42 bits per heavy atom. The molecular weight excluding hydrogens is 548 g/mol. The molecule has 2 unspecified atom stereocenters. The van der Waals surface area contributed by atoms with Crippen LogP contribution in [0.15, 0.2) is 35.3 Å². The Morgan fingerprint density at radius 1 is 1.14 bits per heavy atom. The molecule has 2 aromatic heterocycles. The molecule has 0 saturated carbocycles. The van der Waals surface area contributed by atoms with Gasteiger partial charge in [0, 0.05) is 30.5 Å². The van der Waals surface area contributed by atoms with Crippen molar-refractivity contribution in [2.75, 3.05) is 31.6 Å². The molecule has 2 aliphatic rings. The van der Waals surface area contributed by atoms with Gasteiger partial charge in [-0.2, -0.15) is 5.10 Å². The van der Waals surface area contributed by atoms with Gasteiger partial charge in [-0.05, 0) is 90.6 Å². The van der Waals surface area contributed by atoms with Gasteiger partial charge in [-0.1, -0.05) is 6.92 Å². The zero-order valence-corrected chi connectivity index (χ0v) is 26.3. The van der Waals surface area contributed by atoms with E-state index in [9.17, 15) is 14.4 Å². The Bertz CT molecular complexity index is 1550. The van der Waals surface area contributed by atoms with Crippen LogP contribution in [0.2, 0.25) is 0 Å². The Labute approximate surface area is 252 Å². The highest BCUT2D eigenvalue weighted by molar-refractivity contribution is 5.97. The van der Waals surface area contributed by atoms with Gasteiger partial charge in [0.25, 0.3) is 11.5 Å². The van der Waals surface area contributed by atoms with Gasteiger partial charge in [0.15, 0.2) is 5.82 Å². The van der Waals surface area contributed by atoms with Gasteiger partial charge in [0.1, 0.15) is 11.0 Å². The first-order valence-electron chi connectivity index (χ1n) is 15.2. The third-order valence-electron chi connectivity index (χ3n) is 8.68. The molecule has 232 valence electrons. The number of hydrogen-bond acceptors (Lipinski definition) is 7. The van der Waals surface area contributed by atoms with Gasteiger partial charge >= 0.3 is 6.09 Å². The zero-order chi connectivity index (χ0) is 31.1. The van der Waals surface area contributed by atoms with Crippen molar-refractivity contribution in [1.82, 2.24) is 24.6 Å². The molecule has 2 amide bonds. The summed E-state index contributed by atoms with van der Waals surface area (Å²) in [5, 5.41) is 8.82. The summed E-state index contributed by atoms with van der Waals surface area (Å²) in [6, 6.07) is 7.48. The molecule has 0 spiro atoms. The van der Waals surface area contributed by atoms with Crippen LogP contribution in [0.1, 0.15) is 76.7 Å². The van der Waals surface area contributed by atoms with E-state index in [2.05, 4.69) is 17.2 Å². The number of carbonyl (C=O) groups excluding carboxylic acids is 2. The fourth-order valence-corrected chi connectivity index (χ4v) is 6.34. The fraction of sp³-hybridized carbons (Fsp3) is 0.562. The summed E-state index contributed by atoms with van der Waals surface area (Å²) in [6.45, 7) is 15.8. The number of morpholine rings is 1. The molecule has 2 saturated heterocycles. The average molecular weight is 593 g/mol. The molecule has 0 radical (unpaired) electrons. The number of hydrogen-bond donors (Lipinski definition) is 2. The second kappa shape index (κ2) is 11.7. The van der Waals surface area contributed by atoms with Gasteiger partial charge in [-0.15, -0.1) is 0 Å². The van der Waals surface area contributed by atoms with Gasteiger partial charge in [-0.25, -0.2) is 4.79 Å². The lowest BCUT2D eigenvalue weighted by Crippen LogP contribution is -2.52. The maximum atomic E-state index is 13.5. The molecule has 11 heteroatoms. The second-order valence-electron chi connectivity index (χ2n) is 13.0. The highest BCUT2D eigenvalue weighted by atomic mass is 16.6. The molecule has 0 aliphatic carbocycles. The van der Waals surface area contributed by atoms with Crippen LogP contribution in [-0.2, 0) is 15.0 Å². The number of fused-ring (bicyclic) bond motifs is 1. The van der Waals surface area contributed by atoms with E-state index in [-0.39, 0.29) is 35.2 Å². The Morgan fingerprint density at radius 2 is 1.81 bits per heavy atom. The third kappa shape index (κ3) is 6.00. The summed E-state index contributed by atoms with van der Waals surface area (Å²) in [5.74, 6) is 0.439. The largest absolute Gasteiger partial charge is 0.444 e. The maximum Gasteiger partial charge on any atom is 0.410 e. The highest BCUT2D eigenvalue weighted by Gasteiger charge is 2.40. The predicted molar refractivity (Wildman–Crippen MR) is 166 cm³/mol. The average Bonchev–Trinajstić information content (AvgIpc) is 3.32. The molecular formula is C32H44N6O5. The second-order valence-corrected chi connectivity index (χ2v) is 13.0. The minimum Gasteiger partial charge on any atom is -0.444 e. The first-order chi connectivity index (χ1) is 20.3. The third-order valence-corrected chi connectivity index (χ3v) is 8.68. The van der Waals surface area contributed by atoms with E-state index < -0.39 is 5.60 Å². The monoisotopic (exact) mass is 592 g/mol. The highest BCUT2D eigenvalue weighted by Crippen LogP contribution is 2.38. The molecule has 4 heterocycles. The van der Waals surface area contributed by atoms with Crippen LogP contribution < -0.4 is 10.9 Å². The number of aromatic nitrogens is 3. The van der Waals surface area contributed by atoms with Crippen LogP contribution in [0.25, 0.3) is 10.9 Å². The molecule has 2 fully saturated rings. The molecule has 5 rings (SSSR count). The lowest BCUT2D eigenvalue weighted by atomic mass is 9.85. The van der Waals surface area contributed by atoms with E-state index >= 15 is 0 Å². The lowest BCUT2D eigenvalue weighted by Gasteiger charge is -2.42. The van der Waals surface area contributed by atoms with E-state index in [0.717, 1.165) is 23.2 Å². The van der Waals surface area contributed by atoms with Crippen LogP contribution >= 0.6 is 0 Å². The van der Waals surface area contributed by atoms with Gasteiger partial charge < -0.3 is 29.6 Å². The SMILES string of the molecule is CCC1(n2nc(Nc3ccc(C(=O)N4C(C)COCC4C)c(C)c3)c3c(=O)[nH]ccc32)CCN(C(=O)OC(C)(C)C)CC1. The van der Waals surface area contributed by atoms with E-state index in [1.54, 1.807) is 11.1 Å². The standard InChI is InChI=1S/C32H44N6O5/c1-8-32(12-15-36(16-13-32)30(41)43-31(5,6)7)38-25-11-14-33-28(39)26(25)27(35-38)34-23-9-10-24(20(2)17-23)29(40)37-21(3)18-42-19-22(37)4/h9-11,14,17,21-22H,8,12-13,15-16,18-19H2,1-7H3,(H,33,39)(H,34,35). The van der Waals surface area contributed by atoms with Crippen molar-refractivity contribution in [2.24, 2.45) is 0 Å². The summed E-state index contributed by atoms with van der Waals surface area (Å²) in [5.41, 5.74) is 1.78. The van der Waals surface area contributed by atoms with E-state index in [4.69, 9.17) is 14.6 Å². The van der Waals surface area contributed by atoms with Crippen molar-refractivity contribution in [1.29, 1.82) is 0 Å². The fourth-order valence-electron chi connectivity index (χ4n) is 6.34. The number of rotatable bonds is 5. The number of aromatic amines is 1. The number of carbonyl (C=O) groups is 2. The maximum absolute atomic E-state index is 13.5. The number of anilines is 2. The van der Waals surface area contributed by atoms with Crippen LogP contribution in [0.4, 0.5) is 16.3 Å². The number of pyridine rings is 1. The van der Waals surface area contributed by atoms with E-state index in [1.165, 1.54) is 0 Å². The van der Waals surface area contributed by atoms with Crippen LogP contribution in [-0.4, -0.2) is 80.6 Å². The number of ether oxygens (including phenoxy) is 2.